The van der Waals surface area contributed by atoms with Crippen molar-refractivity contribution in [3.63, 3.8) is 0 Å². The van der Waals surface area contributed by atoms with Crippen LogP contribution in [0.4, 0.5) is 0 Å². The number of carbonyl (C=O) groups excluding carboxylic acids is 3. The molecule has 0 spiro atoms. The van der Waals surface area contributed by atoms with Gasteiger partial charge in [0.1, 0.15) is 13.2 Å². The first-order valence-electron chi connectivity index (χ1n) is 36.3. The number of esters is 2. The summed E-state index contributed by atoms with van der Waals surface area (Å²) in [5.41, 5.74) is 0. The van der Waals surface area contributed by atoms with Crippen LogP contribution in [0.2, 0.25) is 0 Å². The molecular weight excluding hydrogens is 1100 g/mol. The van der Waals surface area contributed by atoms with Crippen LogP contribution < -0.4 is 5.11 Å². The number of ether oxygens (including phenoxy) is 4. The van der Waals surface area contributed by atoms with E-state index in [0.717, 1.165) is 122 Å². The van der Waals surface area contributed by atoms with Gasteiger partial charge in [0.2, 0.25) is 0 Å². The molecule has 0 aromatic rings. The second kappa shape index (κ2) is 69.3. The van der Waals surface area contributed by atoms with Gasteiger partial charge in [-0.1, -0.05) is 321 Å². The van der Waals surface area contributed by atoms with Crippen molar-refractivity contribution in [1.82, 2.24) is 0 Å². The molecule has 2 atom stereocenters. The van der Waals surface area contributed by atoms with E-state index < -0.39 is 24.3 Å². The van der Waals surface area contributed by atoms with Crippen LogP contribution in [0.15, 0.2) is 134 Å². The largest absolute Gasteiger partial charge is 0.545 e. The number of aliphatic carboxylic acids is 1. The average Bonchev–Trinajstić information content (AvgIpc) is 3.64. The predicted molar refractivity (Wildman–Crippen MR) is 379 cm³/mol. The summed E-state index contributed by atoms with van der Waals surface area (Å²) in [6, 6.07) is 0. The van der Waals surface area contributed by atoms with E-state index in [1.54, 1.807) is 0 Å². The molecule has 0 saturated heterocycles. The van der Waals surface area contributed by atoms with E-state index in [1.165, 1.54) is 141 Å². The molecule has 0 radical (unpaired) electrons. The van der Waals surface area contributed by atoms with Crippen molar-refractivity contribution in [2.45, 2.75) is 309 Å². The third-order valence-electron chi connectivity index (χ3n) is 15.4. The van der Waals surface area contributed by atoms with Crippen LogP contribution in [-0.4, -0.2) is 82.3 Å². The quantitative estimate of drug-likeness (QED) is 0.0195. The van der Waals surface area contributed by atoms with Crippen molar-refractivity contribution in [2.24, 2.45) is 0 Å². The normalized spacial score (nSPS) is 13.5. The second-order valence-corrected chi connectivity index (χ2v) is 25.2. The third kappa shape index (κ3) is 70.7. The van der Waals surface area contributed by atoms with Crippen LogP contribution in [0.3, 0.4) is 0 Å². The lowest BCUT2D eigenvalue weighted by Crippen LogP contribution is -2.44. The fraction of sp³-hybridized carbons (Fsp3) is 0.688. The van der Waals surface area contributed by atoms with Crippen LogP contribution >= 0.6 is 0 Å². The van der Waals surface area contributed by atoms with Crippen LogP contribution in [0.5, 0.6) is 0 Å². The van der Waals surface area contributed by atoms with Gasteiger partial charge in [-0.3, -0.25) is 9.59 Å². The molecule has 0 aromatic carbocycles. The monoisotopic (exact) mass is 1240 g/mol. The Morgan fingerprint density at radius 1 is 0.348 bits per heavy atom. The Kier molecular flexibility index (Phi) is 65.8. The zero-order valence-corrected chi connectivity index (χ0v) is 58.0. The molecule has 0 bridgehead atoms. The maximum Gasteiger partial charge on any atom is 0.306 e. The number of quaternary nitrogens is 1. The molecule has 9 nitrogen and oxygen atoms in total. The Bertz CT molecular complexity index is 1930. The number of carbonyl (C=O) groups is 3. The van der Waals surface area contributed by atoms with Gasteiger partial charge in [-0.2, -0.15) is 0 Å². The number of carboxylic acids is 1. The molecule has 89 heavy (non-hydrogen) atoms. The highest BCUT2D eigenvalue weighted by molar-refractivity contribution is 5.70. The van der Waals surface area contributed by atoms with Gasteiger partial charge < -0.3 is 33.3 Å². The molecule has 0 aliphatic carbocycles. The summed E-state index contributed by atoms with van der Waals surface area (Å²) in [6.45, 7) is 4.63. The molecule has 0 amide bonds. The molecule has 508 valence electrons. The highest BCUT2D eigenvalue weighted by Gasteiger charge is 2.22. The summed E-state index contributed by atoms with van der Waals surface area (Å²) in [4.78, 5) is 37.5. The molecule has 0 aliphatic heterocycles. The summed E-state index contributed by atoms with van der Waals surface area (Å²) in [7, 11) is 5.92. The number of hydrogen-bond donors (Lipinski definition) is 0. The molecule has 0 aromatic heterocycles. The van der Waals surface area contributed by atoms with E-state index in [2.05, 4.69) is 148 Å². The topological polar surface area (TPSA) is 111 Å². The Hall–Kier alpha value is -4.57. The van der Waals surface area contributed by atoms with E-state index in [0.29, 0.717) is 17.4 Å². The second-order valence-electron chi connectivity index (χ2n) is 25.2. The van der Waals surface area contributed by atoms with Crippen molar-refractivity contribution < 1.29 is 42.9 Å². The van der Waals surface area contributed by atoms with E-state index in [-0.39, 0.29) is 38.6 Å². The molecular formula is C80H135NO8. The number of allylic oxidation sites excluding steroid dienone is 22. The first-order chi connectivity index (χ1) is 43.6. The molecule has 0 saturated carbocycles. The number of unbranched alkanes of at least 4 members (excludes halogenated alkanes) is 29. The van der Waals surface area contributed by atoms with Gasteiger partial charge in [0, 0.05) is 12.8 Å². The first-order valence-corrected chi connectivity index (χ1v) is 36.3. The smallest absolute Gasteiger partial charge is 0.306 e. The molecule has 0 aliphatic rings. The van der Waals surface area contributed by atoms with Crippen molar-refractivity contribution >= 4 is 17.9 Å². The van der Waals surface area contributed by atoms with Gasteiger partial charge in [0.05, 0.1) is 40.3 Å². The summed E-state index contributed by atoms with van der Waals surface area (Å²) >= 11 is 0. The van der Waals surface area contributed by atoms with Crippen molar-refractivity contribution in [2.75, 3.05) is 47.5 Å². The predicted octanol–water partition coefficient (Wildman–Crippen LogP) is 21.6. The average molecular weight is 1240 g/mol. The zero-order chi connectivity index (χ0) is 64.7. The Balaban J connectivity index is 4.19. The van der Waals surface area contributed by atoms with Crippen LogP contribution in [0.1, 0.15) is 296 Å². The highest BCUT2D eigenvalue weighted by atomic mass is 16.7. The lowest BCUT2D eigenvalue weighted by Gasteiger charge is -2.26. The lowest BCUT2D eigenvalue weighted by molar-refractivity contribution is -0.870. The maximum atomic E-state index is 12.9. The SMILES string of the molecule is CC/C=C\C/C=C\C/C=C\C/C=C\C/C=C\C/C=C\C/C=C\C/C=C\C/C=C\C/C=C\C/C=C\CCCCCCCC(=O)OC(COC(=O)CCCCCCCCCCCCCCCCCCCCCCCCCCC)COC(OCC[N+](C)(C)C)C(=O)[O-]. The van der Waals surface area contributed by atoms with Gasteiger partial charge in [-0.25, -0.2) is 0 Å². The van der Waals surface area contributed by atoms with Crippen LogP contribution in [0, 0.1) is 0 Å². The molecule has 9 heteroatoms. The highest BCUT2D eigenvalue weighted by Crippen LogP contribution is 2.17. The molecule has 0 rings (SSSR count). The van der Waals surface area contributed by atoms with E-state index in [4.69, 9.17) is 18.9 Å². The first kappa shape index (κ1) is 84.4. The zero-order valence-electron chi connectivity index (χ0n) is 58.0. The maximum absolute atomic E-state index is 12.9. The fourth-order valence-electron chi connectivity index (χ4n) is 9.90. The van der Waals surface area contributed by atoms with Gasteiger partial charge >= 0.3 is 11.9 Å². The standard InChI is InChI=1S/C80H135NO8/c1-6-8-10-12-14-16-18-20-22-24-26-28-30-32-33-34-35-36-37-38-39-40-41-42-43-44-45-47-49-51-53-55-57-59-61-63-65-67-69-71-78(83)89-76(75-88-80(79(84)85)86-73-72-81(3,4)5)74-87-77(82)70-68-66-64-62-60-58-56-54-52-50-48-46-31-29-27-25-23-21-19-17-15-13-11-9-7-2/h8,10,14,16,20,22,26,28,32-33,35-36,38-39,41-42,44-45,49,51,55,57,76,80H,6-7,9,11-13,15,17-19,21,23-25,27,29-31,34,37,40,43,46-48,50,52-54,56,58-75H2,1-5H3/b10-8-,16-14-,22-20-,28-26-,33-32-,36-35-,39-38-,42-41-,45-44-,51-49-,57-55-. The van der Waals surface area contributed by atoms with Crippen molar-refractivity contribution in [3.8, 4) is 0 Å². The van der Waals surface area contributed by atoms with Crippen molar-refractivity contribution in [1.29, 1.82) is 0 Å². The van der Waals surface area contributed by atoms with Gasteiger partial charge in [0.25, 0.3) is 0 Å². The lowest BCUT2D eigenvalue weighted by atomic mass is 10.0. The molecule has 2 unspecified atom stereocenters. The van der Waals surface area contributed by atoms with Gasteiger partial charge in [-0.05, 0) is 96.3 Å². The Morgan fingerprint density at radius 2 is 0.640 bits per heavy atom. The summed E-state index contributed by atoms with van der Waals surface area (Å²) in [6.07, 6.45) is 96.8. The van der Waals surface area contributed by atoms with E-state index in [1.807, 2.05) is 21.1 Å². The minimum atomic E-state index is -1.63. The Morgan fingerprint density at radius 3 is 0.955 bits per heavy atom. The molecule has 0 heterocycles. The summed E-state index contributed by atoms with van der Waals surface area (Å²) in [5, 5.41) is 11.8. The number of carboxylic acid groups (broad SMARTS) is 1. The van der Waals surface area contributed by atoms with E-state index >= 15 is 0 Å². The molecule has 0 N–H and O–H groups in total. The summed E-state index contributed by atoms with van der Waals surface area (Å²) in [5.74, 6) is -2.31. The number of hydrogen-bond acceptors (Lipinski definition) is 8. The number of nitrogens with zero attached hydrogens (tertiary/aromatic N) is 1. The Labute approximate surface area is 548 Å². The van der Waals surface area contributed by atoms with Crippen molar-refractivity contribution in [3.05, 3.63) is 134 Å². The van der Waals surface area contributed by atoms with E-state index in [9.17, 15) is 19.5 Å². The number of rotatable bonds is 66. The van der Waals surface area contributed by atoms with Crippen LogP contribution in [0.25, 0.3) is 0 Å². The van der Waals surface area contributed by atoms with Gasteiger partial charge in [0.15, 0.2) is 12.4 Å². The minimum Gasteiger partial charge on any atom is -0.545 e. The third-order valence-corrected chi connectivity index (χ3v) is 15.4. The number of likely N-dealkylation sites (N-methyl/N-ethyl adjacent to an activating group) is 1. The van der Waals surface area contributed by atoms with Gasteiger partial charge in [-0.15, -0.1) is 0 Å². The molecule has 0 fully saturated rings. The fourth-order valence-corrected chi connectivity index (χ4v) is 9.90. The van der Waals surface area contributed by atoms with Crippen LogP contribution in [-0.2, 0) is 33.3 Å². The summed E-state index contributed by atoms with van der Waals surface area (Å²) < 4.78 is 22.8. The minimum absolute atomic E-state index is 0.139.